The van der Waals surface area contributed by atoms with Crippen LogP contribution in [-0.4, -0.2) is 35.7 Å². The van der Waals surface area contributed by atoms with E-state index in [4.69, 9.17) is 4.74 Å². The molecule has 4 heteroatoms. The minimum Gasteiger partial charge on any atom is -0.468 e. The van der Waals surface area contributed by atoms with Gasteiger partial charge in [0.15, 0.2) is 0 Å². The van der Waals surface area contributed by atoms with Gasteiger partial charge in [0.25, 0.3) is 0 Å². The van der Waals surface area contributed by atoms with Crippen molar-refractivity contribution in [3.63, 3.8) is 0 Å². The lowest BCUT2D eigenvalue weighted by Gasteiger charge is -2.39. The maximum absolute atomic E-state index is 12.3. The van der Waals surface area contributed by atoms with Gasteiger partial charge in [0.2, 0.25) is 0 Å². The Kier molecular flexibility index (Phi) is 5.79. The highest BCUT2D eigenvalue weighted by molar-refractivity contribution is 7.99. The van der Waals surface area contributed by atoms with Crippen LogP contribution in [-0.2, 0) is 9.53 Å². The molecule has 0 bridgehead atoms. The summed E-state index contributed by atoms with van der Waals surface area (Å²) in [5.41, 5.74) is -0.402. The maximum atomic E-state index is 12.3. The average Bonchev–Trinajstić information content (AvgIpc) is 3.27. The molecule has 3 nitrogen and oxygen atoms in total. The van der Waals surface area contributed by atoms with Crippen molar-refractivity contribution in [2.24, 2.45) is 5.92 Å². The van der Waals surface area contributed by atoms with Crippen LogP contribution >= 0.6 is 11.8 Å². The predicted molar refractivity (Wildman–Crippen MR) is 85.1 cm³/mol. The van der Waals surface area contributed by atoms with Crippen molar-refractivity contribution in [2.75, 3.05) is 12.9 Å². The lowest BCUT2D eigenvalue weighted by atomic mass is 9.81. The standard InChI is InChI=1S/C16H29NO2S/c1-4-12(2)11-20-14-6-5-9-16(10-14,15(18)19-3)17-13-7-8-13/h12-14,17H,4-11H2,1-3H3. The van der Waals surface area contributed by atoms with Crippen LogP contribution in [0.2, 0.25) is 0 Å². The van der Waals surface area contributed by atoms with Crippen molar-refractivity contribution >= 4 is 17.7 Å². The van der Waals surface area contributed by atoms with Crippen molar-refractivity contribution in [3.8, 4) is 0 Å². The number of carbonyl (C=O) groups is 1. The summed E-state index contributed by atoms with van der Waals surface area (Å²) < 4.78 is 5.11. The SMILES string of the molecule is CCC(C)CSC1CCCC(NC2CC2)(C(=O)OC)C1. The van der Waals surface area contributed by atoms with E-state index in [9.17, 15) is 4.79 Å². The molecule has 2 rings (SSSR count). The van der Waals surface area contributed by atoms with Crippen LogP contribution < -0.4 is 5.32 Å². The molecule has 2 fully saturated rings. The number of thioether (sulfide) groups is 1. The van der Waals surface area contributed by atoms with Crippen LogP contribution in [0.25, 0.3) is 0 Å². The monoisotopic (exact) mass is 299 g/mol. The highest BCUT2D eigenvalue weighted by Gasteiger charge is 2.46. The lowest BCUT2D eigenvalue weighted by molar-refractivity contribution is -0.150. The van der Waals surface area contributed by atoms with Crippen LogP contribution in [0.15, 0.2) is 0 Å². The fourth-order valence-electron chi connectivity index (χ4n) is 2.97. The van der Waals surface area contributed by atoms with E-state index in [1.54, 1.807) is 0 Å². The van der Waals surface area contributed by atoms with Crippen LogP contribution in [0.1, 0.15) is 58.8 Å². The first-order chi connectivity index (χ1) is 9.59. The zero-order valence-electron chi connectivity index (χ0n) is 13.1. The Hall–Kier alpha value is -0.220. The second-order valence-corrected chi connectivity index (χ2v) is 7.89. The molecule has 2 saturated carbocycles. The summed E-state index contributed by atoms with van der Waals surface area (Å²) in [6.45, 7) is 4.56. The fraction of sp³-hybridized carbons (Fsp3) is 0.938. The van der Waals surface area contributed by atoms with Gasteiger partial charge in [0.1, 0.15) is 5.54 Å². The number of nitrogens with one attached hydrogen (secondary N) is 1. The third kappa shape index (κ3) is 4.14. The zero-order valence-corrected chi connectivity index (χ0v) is 13.9. The van der Waals surface area contributed by atoms with Crippen LogP contribution in [0.5, 0.6) is 0 Å². The molecule has 3 atom stereocenters. The molecule has 116 valence electrons. The summed E-state index contributed by atoms with van der Waals surface area (Å²) in [5.74, 6) is 1.94. The van der Waals surface area contributed by atoms with Gasteiger partial charge in [-0.25, -0.2) is 0 Å². The topological polar surface area (TPSA) is 38.3 Å². The van der Waals surface area contributed by atoms with Crippen LogP contribution in [0.4, 0.5) is 0 Å². The first-order valence-electron chi connectivity index (χ1n) is 8.07. The number of hydrogen-bond donors (Lipinski definition) is 1. The quantitative estimate of drug-likeness (QED) is 0.732. The van der Waals surface area contributed by atoms with Gasteiger partial charge in [-0.05, 0) is 50.2 Å². The van der Waals surface area contributed by atoms with E-state index in [2.05, 4.69) is 30.9 Å². The largest absolute Gasteiger partial charge is 0.468 e. The van der Waals surface area contributed by atoms with E-state index >= 15 is 0 Å². The summed E-state index contributed by atoms with van der Waals surface area (Å²) in [6, 6.07) is 0.549. The summed E-state index contributed by atoms with van der Waals surface area (Å²) in [4.78, 5) is 12.3. The Morgan fingerprint density at radius 1 is 1.45 bits per heavy atom. The van der Waals surface area contributed by atoms with Gasteiger partial charge in [0, 0.05) is 11.3 Å². The van der Waals surface area contributed by atoms with E-state index in [0.717, 1.165) is 25.2 Å². The number of methoxy groups -OCH3 is 1. The third-order valence-corrected chi connectivity index (χ3v) is 6.29. The number of rotatable bonds is 7. The van der Waals surface area contributed by atoms with E-state index < -0.39 is 5.54 Å². The van der Waals surface area contributed by atoms with Crippen LogP contribution in [0, 0.1) is 5.92 Å². The van der Waals surface area contributed by atoms with Crippen molar-refractivity contribution in [2.45, 2.75) is 75.6 Å². The van der Waals surface area contributed by atoms with E-state index in [0.29, 0.717) is 11.3 Å². The first-order valence-corrected chi connectivity index (χ1v) is 9.12. The van der Waals surface area contributed by atoms with Gasteiger partial charge in [-0.15, -0.1) is 0 Å². The van der Waals surface area contributed by atoms with Gasteiger partial charge in [-0.1, -0.05) is 20.3 Å². The molecular formula is C16H29NO2S. The Morgan fingerprint density at radius 2 is 2.20 bits per heavy atom. The molecular weight excluding hydrogens is 270 g/mol. The smallest absolute Gasteiger partial charge is 0.326 e. The number of esters is 1. The molecule has 0 heterocycles. The molecule has 2 aliphatic carbocycles. The summed E-state index contributed by atoms with van der Waals surface area (Å²) >= 11 is 2.06. The molecule has 0 aromatic carbocycles. The van der Waals surface area contributed by atoms with Gasteiger partial charge >= 0.3 is 5.97 Å². The van der Waals surface area contributed by atoms with E-state index in [-0.39, 0.29) is 5.97 Å². The number of ether oxygens (including phenoxy) is 1. The van der Waals surface area contributed by atoms with E-state index in [1.807, 2.05) is 0 Å². The lowest BCUT2D eigenvalue weighted by Crippen LogP contribution is -2.56. The fourth-order valence-corrected chi connectivity index (χ4v) is 4.55. The molecule has 0 amide bonds. The van der Waals surface area contributed by atoms with Gasteiger partial charge in [-0.2, -0.15) is 11.8 Å². The van der Waals surface area contributed by atoms with Crippen molar-refractivity contribution in [1.29, 1.82) is 0 Å². The Balaban J connectivity index is 1.94. The second-order valence-electron chi connectivity index (χ2n) is 6.56. The van der Waals surface area contributed by atoms with Crippen molar-refractivity contribution in [3.05, 3.63) is 0 Å². The Morgan fingerprint density at radius 3 is 2.80 bits per heavy atom. The first kappa shape index (κ1) is 16.2. The maximum Gasteiger partial charge on any atom is 0.326 e. The second kappa shape index (κ2) is 7.17. The summed E-state index contributed by atoms with van der Waals surface area (Å²) in [6.07, 6.45) is 7.92. The average molecular weight is 299 g/mol. The molecule has 0 radical (unpaired) electrons. The molecule has 1 N–H and O–H groups in total. The third-order valence-electron chi connectivity index (χ3n) is 4.65. The summed E-state index contributed by atoms with van der Waals surface area (Å²) in [5, 5.41) is 4.20. The molecule has 0 spiro atoms. The Bertz CT molecular complexity index is 332. The highest BCUT2D eigenvalue weighted by Crippen LogP contribution is 2.38. The van der Waals surface area contributed by atoms with Gasteiger partial charge in [-0.3, -0.25) is 10.1 Å². The highest BCUT2D eigenvalue weighted by atomic mass is 32.2. The molecule has 3 unspecified atom stereocenters. The summed E-state index contributed by atoms with van der Waals surface area (Å²) in [7, 11) is 1.52. The Labute approximate surface area is 127 Å². The molecule has 0 aromatic heterocycles. The molecule has 0 saturated heterocycles. The van der Waals surface area contributed by atoms with Gasteiger partial charge < -0.3 is 4.74 Å². The van der Waals surface area contributed by atoms with E-state index in [1.165, 1.54) is 38.5 Å². The minimum atomic E-state index is -0.402. The van der Waals surface area contributed by atoms with Crippen molar-refractivity contribution < 1.29 is 9.53 Å². The number of hydrogen-bond acceptors (Lipinski definition) is 4. The predicted octanol–water partition coefficient (Wildman–Crippen LogP) is 3.37. The zero-order chi connectivity index (χ0) is 14.6. The van der Waals surface area contributed by atoms with Crippen molar-refractivity contribution in [1.82, 2.24) is 5.32 Å². The normalized spacial score (nSPS) is 31.9. The van der Waals surface area contributed by atoms with Gasteiger partial charge in [0.05, 0.1) is 7.11 Å². The minimum absolute atomic E-state index is 0.0433. The number of carbonyl (C=O) groups excluding carboxylic acids is 1. The van der Waals surface area contributed by atoms with Crippen LogP contribution in [0.3, 0.4) is 0 Å². The molecule has 20 heavy (non-hydrogen) atoms. The molecule has 2 aliphatic rings. The molecule has 0 aromatic rings. The molecule has 0 aliphatic heterocycles.